The molecule has 2 heterocycles. The summed E-state index contributed by atoms with van der Waals surface area (Å²) in [6.07, 6.45) is 8.63. The van der Waals surface area contributed by atoms with E-state index in [9.17, 15) is 19.8 Å². The lowest BCUT2D eigenvalue weighted by molar-refractivity contribution is -0.126. The Kier molecular flexibility index (Phi) is 9.41. The predicted octanol–water partition coefficient (Wildman–Crippen LogP) is 7.87. The van der Waals surface area contributed by atoms with Crippen molar-refractivity contribution in [1.82, 2.24) is 9.97 Å². The summed E-state index contributed by atoms with van der Waals surface area (Å²) < 4.78 is 0. The first-order valence-corrected chi connectivity index (χ1v) is 16.9. The highest BCUT2D eigenvalue weighted by Crippen LogP contribution is 2.52. The first kappa shape index (κ1) is 31.7. The summed E-state index contributed by atoms with van der Waals surface area (Å²) in [4.78, 5) is 34.0. The van der Waals surface area contributed by atoms with Crippen molar-refractivity contribution >= 4 is 44.8 Å². The van der Waals surface area contributed by atoms with E-state index in [0.29, 0.717) is 23.1 Å². The number of phenols is 2. The molecule has 0 radical (unpaired) electrons. The summed E-state index contributed by atoms with van der Waals surface area (Å²) in [5, 5.41) is 30.5. The van der Waals surface area contributed by atoms with Crippen molar-refractivity contribution in [2.75, 3.05) is 10.6 Å². The molecule has 4 aromatic rings. The van der Waals surface area contributed by atoms with Crippen LogP contribution >= 0.6 is 22.7 Å². The number of nitrogens with zero attached hydrogens (tertiary/aromatic N) is 2. The van der Waals surface area contributed by atoms with Crippen LogP contribution in [0.5, 0.6) is 11.5 Å². The summed E-state index contributed by atoms with van der Waals surface area (Å²) in [6, 6.07) is 10.9. The standard InChI is InChI=1S/2C17H20N2O2S/c2*1-3-4-14-13-9-12(20)6-5-11(13)10-17(14,2)15(21)19-16-18-7-8-22-16/h2*5-9,14,20H,3-4,10H2,1-2H3,(H,18,19,21)/t14-,17+;14-,17-/m00/s1. The van der Waals surface area contributed by atoms with Gasteiger partial charge in [0.1, 0.15) is 11.5 Å². The molecule has 10 heteroatoms. The van der Waals surface area contributed by atoms with Crippen LogP contribution in [0.3, 0.4) is 0 Å². The third kappa shape index (κ3) is 6.23. The molecule has 4 N–H and O–H groups in total. The Hall–Kier alpha value is -3.76. The van der Waals surface area contributed by atoms with Gasteiger partial charge in [0.2, 0.25) is 11.8 Å². The normalized spacial score (nSPS) is 23.3. The molecule has 0 unspecified atom stereocenters. The maximum absolute atomic E-state index is 12.9. The van der Waals surface area contributed by atoms with E-state index in [0.717, 1.165) is 47.9 Å². The number of benzene rings is 2. The number of aromatic nitrogens is 2. The average molecular weight is 633 g/mol. The predicted molar refractivity (Wildman–Crippen MR) is 177 cm³/mol. The molecule has 0 saturated carbocycles. The van der Waals surface area contributed by atoms with Crippen LogP contribution in [0.2, 0.25) is 0 Å². The van der Waals surface area contributed by atoms with E-state index in [1.165, 1.54) is 22.7 Å². The smallest absolute Gasteiger partial charge is 0.233 e. The number of carbonyl (C=O) groups is 2. The quantitative estimate of drug-likeness (QED) is 0.157. The third-order valence-corrected chi connectivity index (χ3v) is 10.5. The van der Waals surface area contributed by atoms with Gasteiger partial charge in [-0.25, -0.2) is 9.97 Å². The van der Waals surface area contributed by atoms with Gasteiger partial charge >= 0.3 is 0 Å². The molecule has 2 aromatic heterocycles. The second kappa shape index (κ2) is 13.1. The molecule has 0 aliphatic heterocycles. The van der Waals surface area contributed by atoms with Crippen LogP contribution in [-0.2, 0) is 22.4 Å². The minimum absolute atomic E-state index is 0.0107. The number of fused-ring (bicyclic) bond motifs is 2. The number of thiazole rings is 2. The molecule has 4 atom stereocenters. The van der Waals surface area contributed by atoms with Gasteiger partial charge < -0.3 is 20.8 Å². The molecular weight excluding hydrogens is 593 g/mol. The van der Waals surface area contributed by atoms with Crippen LogP contribution in [-0.4, -0.2) is 32.0 Å². The topological polar surface area (TPSA) is 124 Å². The number of rotatable bonds is 8. The van der Waals surface area contributed by atoms with Crippen molar-refractivity contribution in [3.05, 3.63) is 81.8 Å². The Balaban J connectivity index is 0.000000175. The van der Waals surface area contributed by atoms with Gasteiger partial charge in [-0.1, -0.05) is 38.8 Å². The van der Waals surface area contributed by atoms with Gasteiger partial charge in [-0.15, -0.1) is 22.7 Å². The molecule has 2 aliphatic carbocycles. The summed E-state index contributed by atoms with van der Waals surface area (Å²) in [5.74, 6) is 0.807. The van der Waals surface area contributed by atoms with Crippen molar-refractivity contribution in [2.45, 2.75) is 78.1 Å². The monoisotopic (exact) mass is 632 g/mol. The Morgan fingerprint density at radius 1 is 0.773 bits per heavy atom. The lowest BCUT2D eigenvalue weighted by Gasteiger charge is -2.30. The lowest BCUT2D eigenvalue weighted by atomic mass is 9.75. The fourth-order valence-electron chi connectivity index (χ4n) is 6.91. The van der Waals surface area contributed by atoms with Gasteiger partial charge in [0, 0.05) is 23.2 Å². The van der Waals surface area contributed by atoms with Gasteiger partial charge in [0.05, 0.1) is 10.8 Å². The van der Waals surface area contributed by atoms with Crippen molar-refractivity contribution in [3.63, 3.8) is 0 Å². The van der Waals surface area contributed by atoms with Gasteiger partial charge in [0.15, 0.2) is 10.3 Å². The van der Waals surface area contributed by atoms with E-state index in [-0.39, 0.29) is 35.1 Å². The molecule has 6 rings (SSSR count). The number of hydrogen-bond donors (Lipinski definition) is 4. The Morgan fingerprint density at radius 3 is 1.52 bits per heavy atom. The zero-order valence-electron chi connectivity index (χ0n) is 25.6. The molecular formula is C34H40N4O4S2. The molecule has 2 amide bonds. The van der Waals surface area contributed by atoms with Gasteiger partial charge in [0.25, 0.3) is 0 Å². The molecule has 0 bridgehead atoms. The van der Waals surface area contributed by atoms with Crippen molar-refractivity contribution in [2.24, 2.45) is 10.8 Å². The average Bonchev–Trinajstić information content (AvgIpc) is 3.79. The van der Waals surface area contributed by atoms with E-state index >= 15 is 0 Å². The lowest BCUT2D eigenvalue weighted by Crippen LogP contribution is -2.37. The second-order valence-corrected chi connectivity index (χ2v) is 14.0. The number of carbonyl (C=O) groups excluding carboxylic acids is 2. The Morgan fingerprint density at radius 2 is 1.18 bits per heavy atom. The maximum atomic E-state index is 12.9. The van der Waals surface area contributed by atoms with Gasteiger partial charge in [-0.2, -0.15) is 0 Å². The molecule has 0 spiro atoms. The van der Waals surface area contributed by atoms with Gasteiger partial charge in [-0.05, 0) is 97.9 Å². The maximum Gasteiger partial charge on any atom is 0.233 e. The molecule has 232 valence electrons. The minimum Gasteiger partial charge on any atom is -0.508 e. The largest absolute Gasteiger partial charge is 0.508 e. The van der Waals surface area contributed by atoms with Crippen LogP contribution in [0.4, 0.5) is 10.3 Å². The highest BCUT2D eigenvalue weighted by Gasteiger charge is 2.48. The molecule has 2 aliphatic rings. The SMILES string of the molecule is CCC[C@H]1c2cc(O)ccc2C[C@@]1(C)C(=O)Nc1nccs1.CCC[C@H]1c2cc(O)ccc2C[C@]1(C)C(=O)Nc1nccs1. The summed E-state index contributed by atoms with van der Waals surface area (Å²) in [7, 11) is 0. The van der Waals surface area contributed by atoms with Crippen molar-refractivity contribution < 1.29 is 19.8 Å². The minimum atomic E-state index is -0.502. The third-order valence-electron chi connectivity index (χ3n) is 9.16. The van der Waals surface area contributed by atoms with Crippen LogP contribution in [0.25, 0.3) is 0 Å². The van der Waals surface area contributed by atoms with Crippen molar-refractivity contribution in [1.29, 1.82) is 0 Å². The number of nitrogens with one attached hydrogen (secondary N) is 2. The molecule has 0 saturated heterocycles. The molecule has 0 fully saturated rings. The summed E-state index contributed by atoms with van der Waals surface area (Å²) in [6.45, 7) is 8.29. The van der Waals surface area contributed by atoms with Crippen LogP contribution in [0.15, 0.2) is 59.6 Å². The number of aromatic hydroxyl groups is 2. The zero-order valence-corrected chi connectivity index (χ0v) is 27.2. The fraction of sp³-hybridized carbons (Fsp3) is 0.412. The number of anilines is 2. The molecule has 8 nitrogen and oxygen atoms in total. The van der Waals surface area contributed by atoms with Crippen LogP contribution in [0.1, 0.15) is 87.5 Å². The molecule has 44 heavy (non-hydrogen) atoms. The fourth-order valence-corrected chi connectivity index (χ4v) is 7.96. The van der Waals surface area contributed by atoms with E-state index in [4.69, 9.17) is 0 Å². The molecule has 2 aromatic carbocycles. The highest BCUT2D eigenvalue weighted by atomic mass is 32.1. The Labute approximate surface area is 266 Å². The van der Waals surface area contributed by atoms with Crippen LogP contribution < -0.4 is 10.6 Å². The highest BCUT2D eigenvalue weighted by molar-refractivity contribution is 7.14. The van der Waals surface area contributed by atoms with E-state index in [1.54, 1.807) is 24.5 Å². The number of amides is 2. The summed E-state index contributed by atoms with van der Waals surface area (Å²) in [5.41, 5.74) is 3.54. The van der Waals surface area contributed by atoms with Crippen LogP contribution in [0, 0.1) is 10.8 Å². The first-order valence-electron chi connectivity index (χ1n) is 15.1. The van der Waals surface area contributed by atoms with E-state index in [2.05, 4.69) is 34.4 Å². The number of hydrogen-bond acceptors (Lipinski definition) is 8. The van der Waals surface area contributed by atoms with Crippen molar-refractivity contribution in [3.8, 4) is 11.5 Å². The Bertz CT molecular complexity index is 1490. The van der Waals surface area contributed by atoms with E-state index < -0.39 is 10.8 Å². The van der Waals surface area contributed by atoms with E-state index in [1.807, 2.05) is 48.9 Å². The zero-order chi connectivity index (χ0) is 31.5. The number of phenolic OH excluding ortho intramolecular Hbond substituents is 2. The first-order chi connectivity index (χ1) is 21.1. The second-order valence-electron chi connectivity index (χ2n) is 12.2. The van der Waals surface area contributed by atoms with Gasteiger partial charge in [-0.3, -0.25) is 9.59 Å². The summed E-state index contributed by atoms with van der Waals surface area (Å²) >= 11 is 2.85.